The standard InChI is InChI=1S/C21H20ClNO3S/c1-12-4-6-15(10-14(12)3)18-19(27-9-8-24)21(26)23(20(18)25)17-11-16(22)7-5-13(17)2/h4-7,10-11,24H,8-9H2,1-3H3. The summed E-state index contributed by atoms with van der Waals surface area (Å²) in [6, 6.07) is 10.9. The van der Waals surface area contributed by atoms with Crippen LogP contribution in [-0.4, -0.2) is 29.3 Å². The molecule has 0 saturated carbocycles. The van der Waals surface area contributed by atoms with Gasteiger partial charge in [0.25, 0.3) is 11.8 Å². The van der Waals surface area contributed by atoms with Gasteiger partial charge in [-0.25, -0.2) is 4.90 Å². The maximum Gasteiger partial charge on any atom is 0.272 e. The summed E-state index contributed by atoms with van der Waals surface area (Å²) in [6.07, 6.45) is 0. The van der Waals surface area contributed by atoms with Gasteiger partial charge in [-0.1, -0.05) is 35.9 Å². The third-order valence-corrected chi connectivity index (χ3v) is 5.88. The summed E-state index contributed by atoms with van der Waals surface area (Å²) >= 11 is 7.30. The number of amides is 2. The number of rotatable bonds is 5. The monoisotopic (exact) mass is 401 g/mol. The number of aliphatic hydroxyl groups excluding tert-OH is 1. The molecule has 2 amide bonds. The zero-order valence-electron chi connectivity index (χ0n) is 15.4. The Labute approximate surface area is 167 Å². The molecule has 0 saturated heterocycles. The molecule has 140 valence electrons. The average molecular weight is 402 g/mol. The first-order valence-corrected chi connectivity index (χ1v) is 9.92. The van der Waals surface area contributed by atoms with Crippen LogP contribution in [0.15, 0.2) is 41.3 Å². The number of imide groups is 1. The van der Waals surface area contributed by atoms with Crippen molar-refractivity contribution in [2.75, 3.05) is 17.3 Å². The number of benzene rings is 2. The van der Waals surface area contributed by atoms with Gasteiger partial charge in [0.2, 0.25) is 0 Å². The van der Waals surface area contributed by atoms with Gasteiger partial charge in [-0.2, -0.15) is 0 Å². The highest BCUT2D eigenvalue weighted by atomic mass is 35.5. The number of carbonyl (C=O) groups excluding carboxylic acids is 2. The first-order valence-electron chi connectivity index (χ1n) is 8.55. The van der Waals surface area contributed by atoms with Crippen molar-refractivity contribution in [3.05, 3.63) is 68.6 Å². The number of aryl methyl sites for hydroxylation is 3. The molecule has 0 spiro atoms. The number of nitrogens with zero attached hydrogens (tertiary/aromatic N) is 1. The SMILES string of the molecule is Cc1ccc(C2=C(SCCO)C(=O)N(c3cc(Cl)ccc3C)C2=O)cc1C. The zero-order chi connectivity index (χ0) is 19.7. The molecular formula is C21H20ClNO3S. The molecule has 27 heavy (non-hydrogen) atoms. The van der Waals surface area contributed by atoms with Crippen LogP contribution in [0.3, 0.4) is 0 Å². The summed E-state index contributed by atoms with van der Waals surface area (Å²) in [6.45, 7) is 5.73. The van der Waals surface area contributed by atoms with E-state index in [-0.39, 0.29) is 18.4 Å². The molecule has 1 aliphatic rings. The molecule has 0 aromatic heterocycles. The van der Waals surface area contributed by atoms with Crippen molar-refractivity contribution in [1.82, 2.24) is 0 Å². The number of carbonyl (C=O) groups is 2. The minimum atomic E-state index is -0.378. The van der Waals surface area contributed by atoms with E-state index < -0.39 is 0 Å². The number of hydrogen-bond acceptors (Lipinski definition) is 4. The summed E-state index contributed by atoms with van der Waals surface area (Å²) in [5, 5.41) is 9.67. The molecule has 0 atom stereocenters. The summed E-state index contributed by atoms with van der Waals surface area (Å²) in [7, 11) is 0. The molecule has 6 heteroatoms. The Hall–Kier alpha value is -2.08. The fourth-order valence-electron chi connectivity index (χ4n) is 2.98. The smallest absolute Gasteiger partial charge is 0.272 e. The van der Waals surface area contributed by atoms with E-state index in [1.165, 1.54) is 16.7 Å². The maximum absolute atomic E-state index is 13.3. The zero-order valence-corrected chi connectivity index (χ0v) is 16.9. The van der Waals surface area contributed by atoms with Gasteiger partial charge in [-0.3, -0.25) is 9.59 Å². The maximum atomic E-state index is 13.3. The van der Waals surface area contributed by atoms with E-state index in [9.17, 15) is 14.7 Å². The largest absolute Gasteiger partial charge is 0.396 e. The molecule has 1 aliphatic heterocycles. The highest BCUT2D eigenvalue weighted by Crippen LogP contribution is 2.40. The average Bonchev–Trinajstić information content (AvgIpc) is 2.88. The predicted molar refractivity (Wildman–Crippen MR) is 111 cm³/mol. The summed E-state index contributed by atoms with van der Waals surface area (Å²) < 4.78 is 0. The van der Waals surface area contributed by atoms with Crippen molar-refractivity contribution in [3.8, 4) is 0 Å². The minimum absolute atomic E-state index is 0.0773. The van der Waals surface area contributed by atoms with Crippen molar-refractivity contribution >= 4 is 46.4 Å². The molecule has 1 N–H and O–H groups in total. The predicted octanol–water partition coefficient (Wildman–Crippen LogP) is 4.28. The van der Waals surface area contributed by atoms with Crippen molar-refractivity contribution in [2.45, 2.75) is 20.8 Å². The van der Waals surface area contributed by atoms with Crippen LogP contribution in [0.1, 0.15) is 22.3 Å². The Morgan fingerprint density at radius 3 is 2.33 bits per heavy atom. The normalized spacial score (nSPS) is 14.5. The summed E-state index contributed by atoms with van der Waals surface area (Å²) in [5.41, 5.74) is 4.51. The quantitative estimate of drug-likeness (QED) is 0.760. The first kappa shape index (κ1) is 19.7. The molecular weight excluding hydrogens is 382 g/mol. The van der Waals surface area contributed by atoms with Crippen LogP contribution in [0.25, 0.3) is 5.57 Å². The Morgan fingerprint density at radius 2 is 1.67 bits per heavy atom. The number of halogens is 1. The molecule has 0 bridgehead atoms. The van der Waals surface area contributed by atoms with Crippen LogP contribution >= 0.6 is 23.4 Å². The van der Waals surface area contributed by atoms with E-state index in [1.54, 1.807) is 18.2 Å². The first-order chi connectivity index (χ1) is 12.8. The molecule has 2 aromatic carbocycles. The van der Waals surface area contributed by atoms with Gasteiger partial charge < -0.3 is 5.11 Å². The highest BCUT2D eigenvalue weighted by Gasteiger charge is 2.40. The lowest BCUT2D eigenvalue weighted by atomic mass is 10.0. The van der Waals surface area contributed by atoms with E-state index in [4.69, 9.17) is 11.6 Å². The van der Waals surface area contributed by atoms with Gasteiger partial charge in [-0.15, -0.1) is 11.8 Å². The molecule has 0 aliphatic carbocycles. The Morgan fingerprint density at radius 1 is 0.963 bits per heavy atom. The van der Waals surface area contributed by atoms with Gasteiger partial charge in [0, 0.05) is 10.8 Å². The summed E-state index contributed by atoms with van der Waals surface area (Å²) in [4.78, 5) is 27.9. The number of thioether (sulfide) groups is 1. The van der Waals surface area contributed by atoms with Crippen LogP contribution < -0.4 is 4.90 Å². The fourth-order valence-corrected chi connectivity index (χ4v) is 4.01. The van der Waals surface area contributed by atoms with Crippen LogP contribution in [0, 0.1) is 20.8 Å². The second kappa shape index (κ2) is 7.89. The molecule has 0 unspecified atom stereocenters. The van der Waals surface area contributed by atoms with Gasteiger partial charge >= 0.3 is 0 Å². The number of hydrogen-bond donors (Lipinski definition) is 1. The number of aliphatic hydroxyl groups is 1. The molecule has 0 radical (unpaired) electrons. The topological polar surface area (TPSA) is 57.6 Å². The van der Waals surface area contributed by atoms with E-state index >= 15 is 0 Å². The van der Waals surface area contributed by atoms with Crippen LogP contribution in [0.4, 0.5) is 5.69 Å². The second-order valence-corrected chi connectivity index (χ2v) is 7.99. The Kier molecular flexibility index (Phi) is 5.75. The third kappa shape index (κ3) is 3.68. The van der Waals surface area contributed by atoms with E-state index in [0.717, 1.165) is 16.7 Å². The Balaban J connectivity index is 2.14. The van der Waals surface area contributed by atoms with Crippen molar-refractivity contribution < 1.29 is 14.7 Å². The van der Waals surface area contributed by atoms with Crippen molar-refractivity contribution in [1.29, 1.82) is 0 Å². The molecule has 3 rings (SSSR count). The lowest BCUT2D eigenvalue weighted by Gasteiger charge is -2.18. The van der Waals surface area contributed by atoms with Gasteiger partial charge in [0.05, 0.1) is 22.8 Å². The fraction of sp³-hybridized carbons (Fsp3) is 0.238. The lowest BCUT2D eigenvalue weighted by molar-refractivity contribution is -0.119. The van der Waals surface area contributed by atoms with Crippen LogP contribution in [0.5, 0.6) is 0 Å². The Bertz CT molecular complexity index is 968. The van der Waals surface area contributed by atoms with Crippen LogP contribution in [0.2, 0.25) is 5.02 Å². The van der Waals surface area contributed by atoms with E-state index in [0.29, 0.717) is 32.5 Å². The molecule has 1 heterocycles. The minimum Gasteiger partial charge on any atom is -0.396 e. The molecule has 4 nitrogen and oxygen atoms in total. The van der Waals surface area contributed by atoms with Crippen molar-refractivity contribution in [2.24, 2.45) is 0 Å². The summed E-state index contributed by atoms with van der Waals surface area (Å²) in [5.74, 6) is -0.406. The highest BCUT2D eigenvalue weighted by molar-refractivity contribution is 8.04. The van der Waals surface area contributed by atoms with Crippen LogP contribution in [-0.2, 0) is 9.59 Å². The lowest BCUT2D eigenvalue weighted by Crippen LogP contribution is -2.32. The second-order valence-electron chi connectivity index (χ2n) is 6.45. The van der Waals surface area contributed by atoms with Gasteiger partial charge in [-0.05, 0) is 55.2 Å². The van der Waals surface area contributed by atoms with Gasteiger partial charge in [0.15, 0.2) is 0 Å². The number of anilines is 1. The van der Waals surface area contributed by atoms with E-state index in [2.05, 4.69) is 0 Å². The van der Waals surface area contributed by atoms with Crippen molar-refractivity contribution in [3.63, 3.8) is 0 Å². The third-order valence-electron chi connectivity index (χ3n) is 4.59. The molecule has 2 aromatic rings. The van der Waals surface area contributed by atoms with E-state index in [1.807, 2.05) is 39.0 Å². The molecule has 0 fully saturated rings. The van der Waals surface area contributed by atoms with Gasteiger partial charge in [0.1, 0.15) is 0 Å².